The maximum Gasteiger partial charge on any atom is 0.280 e. The molecule has 0 spiro atoms. The molecule has 0 amide bonds. The van der Waals surface area contributed by atoms with Gasteiger partial charge in [-0.3, -0.25) is 10.1 Å². The molecule has 92 valence electrons. The quantitative estimate of drug-likeness (QED) is 0.617. The van der Waals surface area contributed by atoms with E-state index in [-0.39, 0.29) is 5.69 Å². The van der Waals surface area contributed by atoms with Crippen molar-refractivity contribution in [1.29, 1.82) is 0 Å². The summed E-state index contributed by atoms with van der Waals surface area (Å²) >= 11 is 0. The van der Waals surface area contributed by atoms with Gasteiger partial charge in [-0.1, -0.05) is 12.1 Å². The van der Waals surface area contributed by atoms with Gasteiger partial charge >= 0.3 is 0 Å². The number of nitro groups is 1. The summed E-state index contributed by atoms with van der Waals surface area (Å²) < 4.78 is 18.0. The van der Waals surface area contributed by atoms with E-state index in [9.17, 15) is 14.5 Å². The van der Waals surface area contributed by atoms with Crippen LogP contribution in [0.5, 0.6) is 5.75 Å². The Bertz CT molecular complexity index is 581. The number of methoxy groups -OCH3 is 1. The van der Waals surface area contributed by atoms with Gasteiger partial charge in [-0.05, 0) is 29.8 Å². The van der Waals surface area contributed by atoms with Crippen molar-refractivity contribution in [3.05, 3.63) is 58.4 Å². The van der Waals surface area contributed by atoms with Crippen molar-refractivity contribution in [3.8, 4) is 16.9 Å². The lowest BCUT2D eigenvalue weighted by Gasteiger charge is -2.05. The monoisotopic (exact) mass is 247 g/mol. The molecule has 0 unspecified atom stereocenters. The molecule has 0 saturated heterocycles. The molecule has 0 aromatic heterocycles. The molecule has 0 aliphatic rings. The van der Waals surface area contributed by atoms with Gasteiger partial charge in [-0.15, -0.1) is 0 Å². The number of nitro benzene ring substituents is 1. The molecule has 5 heteroatoms. The lowest BCUT2D eigenvalue weighted by Crippen LogP contribution is -1.93. The van der Waals surface area contributed by atoms with E-state index >= 15 is 0 Å². The van der Waals surface area contributed by atoms with Crippen molar-refractivity contribution in [3.63, 3.8) is 0 Å². The lowest BCUT2D eigenvalue weighted by atomic mass is 10.0. The predicted molar refractivity (Wildman–Crippen MR) is 65.0 cm³/mol. The number of halogens is 1. The summed E-state index contributed by atoms with van der Waals surface area (Å²) in [7, 11) is 1.54. The van der Waals surface area contributed by atoms with Crippen LogP contribution in [-0.4, -0.2) is 12.0 Å². The largest absolute Gasteiger partial charge is 0.497 e. The van der Waals surface area contributed by atoms with Gasteiger partial charge < -0.3 is 4.74 Å². The topological polar surface area (TPSA) is 52.4 Å². The maximum absolute atomic E-state index is 13.0. The average molecular weight is 247 g/mol. The third-order valence-corrected chi connectivity index (χ3v) is 2.56. The Labute approximate surface area is 103 Å². The van der Waals surface area contributed by atoms with Gasteiger partial charge in [0.05, 0.1) is 23.7 Å². The molecule has 4 nitrogen and oxygen atoms in total. The fourth-order valence-corrected chi connectivity index (χ4v) is 1.67. The SMILES string of the molecule is COc1ccc(-c2ccc(F)cc2[N+](=O)[O-])cc1. The van der Waals surface area contributed by atoms with Crippen LogP contribution in [0.15, 0.2) is 42.5 Å². The highest BCUT2D eigenvalue weighted by atomic mass is 19.1. The number of benzene rings is 2. The molecule has 2 aromatic carbocycles. The second-order valence-corrected chi connectivity index (χ2v) is 3.65. The fraction of sp³-hybridized carbons (Fsp3) is 0.0769. The molecule has 0 bridgehead atoms. The van der Waals surface area contributed by atoms with Gasteiger partial charge in [0, 0.05) is 0 Å². The van der Waals surface area contributed by atoms with Gasteiger partial charge in [0.2, 0.25) is 0 Å². The molecule has 0 heterocycles. The highest BCUT2D eigenvalue weighted by molar-refractivity contribution is 5.73. The maximum atomic E-state index is 13.0. The molecule has 2 rings (SSSR count). The van der Waals surface area contributed by atoms with Crippen LogP contribution in [0, 0.1) is 15.9 Å². The van der Waals surface area contributed by atoms with Gasteiger partial charge in [0.1, 0.15) is 11.6 Å². The van der Waals surface area contributed by atoms with Crippen LogP contribution in [0.2, 0.25) is 0 Å². The zero-order chi connectivity index (χ0) is 13.1. The Morgan fingerprint density at radius 3 is 2.39 bits per heavy atom. The van der Waals surface area contributed by atoms with Crippen molar-refractivity contribution in [2.45, 2.75) is 0 Å². The predicted octanol–water partition coefficient (Wildman–Crippen LogP) is 3.41. The Morgan fingerprint density at radius 2 is 1.83 bits per heavy atom. The van der Waals surface area contributed by atoms with Crippen LogP contribution in [-0.2, 0) is 0 Å². The Kier molecular flexibility index (Phi) is 3.23. The van der Waals surface area contributed by atoms with Crippen molar-refractivity contribution < 1.29 is 14.1 Å². The van der Waals surface area contributed by atoms with Crippen LogP contribution in [0.1, 0.15) is 0 Å². The summed E-state index contributed by atoms with van der Waals surface area (Å²) in [5.74, 6) is 0.0301. The van der Waals surface area contributed by atoms with Crippen molar-refractivity contribution in [2.24, 2.45) is 0 Å². The summed E-state index contributed by atoms with van der Waals surface area (Å²) in [5.41, 5.74) is 0.770. The highest BCUT2D eigenvalue weighted by Gasteiger charge is 2.16. The third-order valence-electron chi connectivity index (χ3n) is 2.56. The zero-order valence-corrected chi connectivity index (χ0v) is 9.59. The molecule has 0 aliphatic carbocycles. The highest BCUT2D eigenvalue weighted by Crippen LogP contribution is 2.31. The Hall–Kier alpha value is -2.43. The first-order valence-corrected chi connectivity index (χ1v) is 5.20. The number of hydrogen-bond acceptors (Lipinski definition) is 3. The molecule has 0 saturated carbocycles. The smallest absolute Gasteiger partial charge is 0.280 e. The second-order valence-electron chi connectivity index (χ2n) is 3.65. The second kappa shape index (κ2) is 4.83. The summed E-state index contributed by atoms with van der Waals surface area (Å²) in [5, 5.41) is 10.9. The molecule has 0 aliphatic heterocycles. The first-order chi connectivity index (χ1) is 8.61. The third kappa shape index (κ3) is 2.29. The van der Waals surface area contributed by atoms with E-state index in [1.807, 2.05) is 0 Å². The van der Waals surface area contributed by atoms with Crippen LogP contribution >= 0.6 is 0 Å². The summed E-state index contributed by atoms with van der Waals surface area (Å²) in [6, 6.07) is 10.3. The van der Waals surface area contributed by atoms with Gasteiger partial charge in [0.25, 0.3) is 5.69 Å². The Balaban J connectivity index is 2.52. The molecule has 0 N–H and O–H groups in total. The number of nitrogens with zero attached hydrogens (tertiary/aromatic N) is 1. The van der Waals surface area contributed by atoms with E-state index in [1.54, 1.807) is 24.3 Å². The van der Waals surface area contributed by atoms with Gasteiger partial charge in [-0.25, -0.2) is 4.39 Å². The van der Waals surface area contributed by atoms with Crippen molar-refractivity contribution in [2.75, 3.05) is 7.11 Å². The van der Waals surface area contributed by atoms with E-state index in [0.717, 1.165) is 6.07 Å². The molecule has 0 atom stereocenters. The van der Waals surface area contributed by atoms with E-state index in [4.69, 9.17) is 4.74 Å². The normalized spacial score (nSPS) is 10.1. The number of ether oxygens (including phenoxy) is 1. The van der Waals surface area contributed by atoms with E-state index in [2.05, 4.69) is 0 Å². The minimum Gasteiger partial charge on any atom is -0.497 e. The van der Waals surface area contributed by atoms with Crippen LogP contribution in [0.3, 0.4) is 0 Å². The molecular formula is C13H10FNO3. The Morgan fingerprint density at radius 1 is 1.17 bits per heavy atom. The standard InChI is InChI=1S/C13H10FNO3/c1-18-11-5-2-9(3-6-11)12-7-4-10(14)8-13(12)15(16)17/h2-8H,1H3. The van der Waals surface area contributed by atoms with Crippen molar-refractivity contribution in [1.82, 2.24) is 0 Å². The number of rotatable bonds is 3. The molecule has 0 radical (unpaired) electrons. The first kappa shape index (κ1) is 12.0. The minimum absolute atomic E-state index is 0.250. The summed E-state index contributed by atoms with van der Waals surface area (Å²) in [6.45, 7) is 0. The van der Waals surface area contributed by atoms with E-state index in [1.165, 1.54) is 19.2 Å². The lowest BCUT2D eigenvalue weighted by molar-refractivity contribution is -0.384. The molecule has 0 fully saturated rings. The van der Waals surface area contributed by atoms with Gasteiger partial charge in [0.15, 0.2) is 0 Å². The van der Waals surface area contributed by atoms with Crippen molar-refractivity contribution >= 4 is 5.69 Å². The molecule has 18 heavy (non-hydrogen) atoms. The van der Waals surface area contributed by atoms with E-state index in [0.29, 0.717) is 16.9 Å². The number of hydrogen-bond donors (Lipinski definition) is 0. The van der Waals surface area contributed by atoms with Crippen LogP contribution in [0.4, 0.5) is 10.1 Å². The minimum atomic E-state index is -0.626. The average Bonchev–Trinajstić information content (AvgIpc) is 2.39. The first-order valence-electron chi connectivity index (χ1n) is 5.20. The fourth-order valence-electron chi connectivity index (χ4n) is 1.67. The zero-order valence-electron chi connectivity index (χ0n) is 9.59. The van der Waals surface area contributed by atoms with Crippen LogP contribution in [0.25, 0.3) is 11.1 Å². The molecular weight excluding hydrogens is 237 g/mol. The molecule has 2 aromatic rings. The summed E-state index contributed by atoms with van der Waals surface area (Å²) in [6.07, 6.45) is 0. The summed E-state index contributed by atoms with van der Waals surface area (Å²) in [4.78, 5) is 10.3. The van der Waals surface area contributed by atoms with Crippen LogP contribution < -0.4 is 4.74 Å². The van der Waals surface area contributed by atoms with E-state index < -0.39 is 10.7 Å². The van der Waals surface area contributed by atoms with Gasteiger partial charge in [-0.2, -0.15) is 0 Å².